The number of aromatic nitrogens is 1. The molecule has 0 spiro atoms. The zero-order valence-electron chi connectivity index (χ0n) is 19.0. The van der Waals surface area contributed by atoms with Crippen LogP contribution in [0, 0.1) is 0 Å². The molecule has 1 fully saturated rings. The van der Waals surface area contributed by atoms with E-state index in [4.69, 9.17) is 4.74 Å². The second kappa shape index (κ2) is 9.37. The van der Waals surface area contributed by atoms with Crippen molar-refractivity contribution in [1.29, 1.82) is 0 Å². The average Bonchev–Trinajstić information content (AvgIpc) is 3.54. The van der Waals surface area contributed by atoms with Crippen molar-refractivity contribution in [1.82, 2.24) is 8.87 Å². The number of amides is 1. The first-order valence-corrected chi connectivity index (χ1v) is 13.4. The smallest absolute Gasteiger partial charge is 0.325 e. The van der Waals surface area contributed by atoms with E-state index < -0.39 is 21.9 Å². The van der Waals surface area contributed by atoms with Crippen molar-refractivity contribution in [3.05, 3.63) is 71.0 Å². The first-order valence-electron chi connectivity index (χ1n) is 11.2. The highest BCUT2D eigenvalue weighted by molar-refractivity contribution is 7.89. The van der Waals surface area contributed by atoms with Crippen molar-refractivity contribution >= 4 is 54.2 Å². The number of thiazole rings is 1. The Morgan fingerprint density at radius 1 is 1.00 bits per heavy atom. The number of nitrogens with zero attached hydrogens (tertiary/aromatic N) is 3. The molecule has 0 radical (unpaired) electrons. The summed E-state index contributed by atoms with van der Waals surface area (Å²) >= 11 is 1.32. The van der Waals surface area contributed by atoms with E-state index in [1.807, 2.05) is 36.4 Å². The van der Waals surface area contributed by atoms with E-state index in [2.05, 4.69) is 4.99 Å². The Hall–Kier alpha value is -3.34. The fourth-order valence-electron chi connectivity index (χ4n) is 4.23. The highest BCUT2D eigenvalue weighted by atomic mass is 32.2. The van der Waals surface area contributed by atoms with Crippen LogP contribution in [0.4, 0.5) is 0 Å². The molecule has 8 nitrogen and oxygen atoms in total. The molecule has 1 saturated heterocycles. The molecule has 0 bridgehead atoms. The molecule has 0 saturated carbocycles. The summed E-state index contributed by atoms with van der Waals surface area (Å²) in [4.78, 5) is 30.0. The number of rotatable bonds is 5. The number of sulfonamides is 1. The van der Waals surface area contributed by atoms with Crippen LogP contribution < -0.4 is 4.80 Å². The summed E-state index contributed by atoms with van der Waals surface area (Å²) in [5.41, 5.74) is 1.04. The standard InChI is InChI=1S/C25H23N3O5S2/c1-33-22(29)16-28-21-13-10-17-6-2-3-7-20(17)23(21)34-25(28)26-24(30)18-8-11-19(12-9-18)35(31,32)27-14-4-5-15-27/h2-3,6-13H,4-5,14-16H2,1H3. The lowest BCUT2D eigenvalue weighted by Gasteiger charge is -2.15. The molecule has 0 aliphatic carbocycles. The number of methoxy groups -OCH3 is 1. The maximum Gasteiger partial charge on any atom is 0.325 e. The maximum atomic E-state index is 13.0. The van der Waals surface area contributed by atoms with E-state index >= 15 is 0 Å². The third-order valence-electron chi connectivity index (χ3n) is 6.09. The van der Waals surface area contributed by atoms with Gasteiger partial charge in [0.15, 0.2) is 4.80 Å². The van der Waals surface area contributed by atoms with E-state index in [-0.39, 0.29) is 17.0 Å². The Balaban J connectivity index is 1.55. The van der Waals surface area contributed by atoms with Gasteiger partial charge in [-0.25, -0.2) is 8.42 Å². The average molecular weight is 510 g/mol. The summed E-state index contributed by atoms with van der Waals surface area (Å²) in [5, 5.41) is 2.04. The Kier molecular flexibility index (Phi) is 6.26. The summed E-state index contributed by atoms with van der Waals surface area (Å²) in [6.45, 7) is 0.937. The normalized spacial score (nSPS) is 15.2. The van der Waals surface area contributed by atoms with Gasteiger partial charge in [-0.2, -0.15) is 9.30 Å². The van der Waals surface area contributed by atoms with Crippen molar-refractivity contribution in [3.8, 4) is 0 Å². The van der Waals surface area contributed by atoms with Gasteiger partial charge in [0.05, 0.1) is 22.2 Å². The molecule has 5 rings (SSSR count). The van der Waals surface area contributed by atoms with Gasteiger partial charge < -0.3 is 9.30 Å². The Morgan fingerprint density at radius 2 is 1.71 bits per heavy atom. The predicted molar refractivity (Wildman–Crippen MR) is 134 cm³/mol. The molecule has 10 heteroatoms. The molecule has 0 atom stereocenters. The van der Waals surface area contributed by atoms with E-state index in [1.54, 1.807) is 4.57 Å². The number of ether oxygens (including phenoxy) is 1. The van der Waals surface area contributed by atoms with Crippen LogP contribution in [0.1, 0.15) is 23.2 Å². The van der Waals surface area contributed by atoms with Gasteiger partial charge in [0.25, 0.3) is 5.91 Å². The van der Waals surface area contributed by atoms with Gasteiger partial charge in [-0.15, -0.1) is 0 Å². The molecule has 3 aromatic carbocycles. The maximum absolute atomic E-state index is 13.0. The van der Waals surface area contributed by atoms with Gasteiger partial charge in [-0.05, 0) is 48.6 Å². The zero-order chi connectivity index (χ0) is 24.6. The number of carbonyl (C=O) groups is 2. The number of esters is 1. The monoisotopic (exact) mass is 509 g/mol. The first kappa shape index (κ1) is 23.4. The number of carbonyl (C=O) groups excluding carboxylic acids is 2. The van der Waals surface area contributed by atoms with Gasteiger partial charge >= 0.3 is 5.97 Å². The molecule has 180 valence electrons. The van der Waals surface area contributed by atoms with Crippen molar-refractivity contribution in [2.45, 2.75) is 24.3 Å². The van der Waals surface area contributed by atoms with Crippen LogP contribution in [-0.2, 0) is 26.1 Å². The minimum atomic E-state index is -3.56. The Bertz CT molecular complexity index is 1610. The van der Waals surface area contributed by atoms with Crippen LogP contribution in [0.3, 0.4) is 0 Å². The lowest BCUT2D eigenvalue weighted by Crippen LogP contribution is -2.27. The van der Waals surface area contributed by atoms with E-state index in [1.165, 1.54) is 47.0 Å². The quantitative estimate of drug-likeness (QED) is 0.383. The van der Waals surface area contributed by atoms with Gasteiger partial charge in [0, 0.05) is 24.0 Å². The third-order valence-corrected chi connectivity index (χ3v) is 9.13. The van der Waals surface area contributed by atoms with Crippen LogP contribution in [0.15, 0.2) is 70.6 Å². The van der Waals surface area contributed by atoms with Crippen LogP contribution in [0.25, 0.3) is 21.0 Å². The molecule has 1 amide bonds. The molecule has 35 heavy (non-hydrogen) atoms. The Labute approximate surface area is 206 Å². The minimum absolute atomic E-state index is 0.0893. The van der Waals surface area contributed by atoms with Gasteiger partial charge in [-0.1, -0.05) is 41.7 Å². The molecule has 2 heterocycles. The lowest BCUT2D eigenvalue weighted by molar-refractivity contribution is -0.141. The molecule has 1 aromatic heterocycles. The van der Waals surface area contributed by atoms with E-state index in [0.717, 1.165) is 33.8 Å². The summed E-state index contributed by atoms with van der Waals surface area (Å²) < 4.78 is 34.4. The largest absolute Gasteiger partial charge is 0.468 e. The second-order valence-electron chi connectivity index (χ2n) is 8.23. The van der Waals surface area contributed by atoms with E-state index in [9.17, 15) is 18.0 Å². The van der Waals surface area contributed by atoms with Crippen molar-refractivity contribution in [3.63, 3.8) is 0 Å². The third kappa shape index (κ3) is 4.40. The fourth-order valence-corrected chi connectivity index (χ4v) is 6.91. The van der Waals surface area contributed by atoms with Gasteiger partial charge in [0.1, 0.15) is 6.54 Å². The minimum Gasteiger partial charge on any atom is -0.468 e. The Morgan fingerprint density at radius 3 is 2.43 bits per heavy atom. The molecular formula is C25H23N3O5S2. The summed E-state index contributed by atoms with van der Waals surface area (Å²) in [5.74, 6) is -0.979. The zero-order valence-corrected chi connectivity index (χ0v) is 20.6. The molecule has 4 aromatic rings. The van der Waals surface area contributed by atoms with Crippen molar-refractivity contribution in [2.24, 2.45) is 4.99 Å². The van der Waals surface area contributed by atoms with Crippen LogP contribution in [0.2, 0.25) is 0 Å². The van der Waals surface area contributed by atoms with Crippen LogP contribution in [0.5, 0.6) is 0 Å². The number of hydrogen-bond acceptors (Lipinski definition) is 6. The SMILES string of the molecule is COC(=O)Cn1c(=NC(=O)c2ccc(S(=O)(=O)N3CCCC3)cc2)sc2c3ccccc3ccc21. The summed E-state index contributed by atoms with van der Waals surface area (Å²) in [6.07, 6.45) is 1.70. The van der Waals surface area contributed by atoms with Crippen molar-refractivity contribution < 1.29 is 22.7 Å². The molecular weight excluding hydrogens is 486 g/mol. The second-order valence-corrected chi connectivity index (χ2v) is 11.1. The van der Waals surface area contributed by atoms with Crippen LogP contribution >= 0.6 is 11.3 Å². The van der Waals surface area contributed by atoms with Gasteiger partial charge in [0.2, 0.25) is 10.0 Å². The number of fused-ring (bicyclic) bond motifs is 3. The molecule has 0 unspecified atom stereocenters. The highest BCUT2D eigenvalue weighted by Crippen LogP contribution is 2.28. The number of benzene rings is 3. The number of hydrogen-bond donors (Lipinski definition) is 0. The fraction of sp³-hybridized carbons (Fsp3) is 0.240. The van der Waals surface area contributed by atoms with E-state index in [0.29, 0.717) is 17.9 Å². The summed E-state index contributed by atoms with van der Waals surface area (Å²) in [6, 6.07) is 17.6. The predicted octanol–water partition coefficient (Wildman–Crippen LogP) is 3.55. The molecule has 1 aliphatic rings. The highest BCUT2D eigenvalue weighted by Gasteiger charge is 2.27. The lowest BCUT2D eigenvalue weighted by atomic mass is 10.1. The van der Waals surface area contributed by atoms with Crippen molar-refractivity contribution in [2.75, 3.05) is 20.2 Å². The molecule has 1 aliphatic heterocycles. The van der Waals surface area contributed by atoms with Crippen LogP contribution in [-0.4, -0.2) is 49.4 Å². The molecule has 0 N–H and O–H groups in total. The summed E-state index contributed by atoms with van der Waals surface area (Å²) in [7, 11) is -2.25. The topological polar surface area (TPSA) is 98.0 Å². The van der Waals surface area contributed by atoms with Gasteiger partial charge in [-0.3, -0.25) is 9.59 Å². The first-order chi connectivity index (χ1) is 16.9.